The Morgan fingerprint density at radius 3 is 2.55 bits per heavy atom. The van der Waals surface area contributed by atoms with E-state index in [-0.39, 0.29) is 37.9 Å². The zero-order valence-corrected chi connectivity index (χ0v) is 16.4. The van der Waals surface area contributed by atoms with Crippen LogP contribution >= 0.6 is 0 Å². The minimum atomic E-state index is -1.55. The van der Waals surface area contributed by atoms with E-state index in [0.717, 1.165) is 4.90 Å². The van der Waals surface area contributed by atoms with E-state index >= 15 is 0 Å². The maximum Gasteiger partial charge on any atom is 0.326 e. The van der Waals surface area contributed by atoms with E-state index in [9.17, 15) is 19.2 Å². The molecule has 5 aliphatic rings. The number of carbonyl (C=O) groups is 4. The van der Waals surface area contributed by atoms with Gasteiger partial charge in [-0.15, -0.1) is 0 Å². The number of hydrogen-bond acceptors (Lipinski definition) is 8. The molecule has 31 heavy (non-hydrogen) atoms. The molecule has 10 nitrogen and oxygen atoms in total. The van der Waals surface area contributed by atoms with Gasteiger partial charge in [-0.05, 0) is 5.56 Å². The predicted octanol–water partition coefficient (Wildman–Crippen LogP) is -0.153. The lowest BCUT2D eigenvalue weighted by molar-refractivity contribution is -0.166. The van der Waals surface area contributed by atoms with Crippen molar-refractivity contribution in [3.05, 3.63) is 35.9 Å². The number of nitrogens with zero attached hydrogens (tertiary/aromatic N) is 1. The van der Waals surface area contributed by atoms with Gasteiger partial charge < -0.3 is 24.3 Å². The number of Topliss-reactive ketones (excluding diaryl/α,β-unsaturated/α-hetero) is 2. The first-order chi connectivity index (χ1) is 15.0. The van der Waals surface area contributed by atoms with E-state index in [1.807, 2.05) is 0 Å². The summed E-state index contributed by atoms with van der Waals surface area (Å²) < 4.78 is 21.9. The zero-order valence-electron chi connectivity index (χ0n) is 16.4. The van der Waals surface area contributed by atoms with Gasteiger partial charge in [-0.2, -0.15) is 0 Å². The molecule has 5 saturated heterocycles. The van der Waals surface area contributed by atoms with Gasteiger partial charge in [-0.25, -0.2) is 4.79 Å². The van der Waals surface area contributed by atoms with E-state index in [0.29, 0.717) is 5.56 Å². The Labute approximate surface area is 176 Å². The van der Waals surface area contributed by atoms with Crippen molar-refractivity contribution in [3.63, 3.8) is 0 Å². The van der Waals surface area contributed by atoms with Crippen LogP contribution in [0.2, 0.25) is 0 Å². The maximum atomic E-state index is 14.0. The zero-order chi connectivity index (χ0) is 21.3. The van der Waals surface area contributed by atoms with Crippen LogP contribution in [0.4, 0.5) is 4.79 Å². The van der Waals surface area contributed by atoms with Gasteiger partial charge in [0.25, 0.3) is 5.91 Å². The lowest BCUT2D eigenvalue weighted by Crippen LogP contribution is -2.58. The highest BCUT2D eigenvalue weighted by atomic mass is 16.7. The number of ether oxygens (including phenoxy) is 4. The van der Waals surface area contributed by atoms with Gasteiger partial charge >= 0.3 is 6.03 Å². The van der Waals surface area contributed by atoms with E-state index in [1.54, 1.807) is 30.3 Å². The number of fused-ring (bicyclic) bond motifs is 4. The summed E-state index contributed by atoms with van der Waals surface area (Å²) in [5.74, 6) is -1.98. The number of amides is 3. The summed E-state index contributed by atoms with van der Waals surface area (Å²) in [6.07, 6.45) is -2.71. The molecule has 0 spiro atoms. The maximum absolute atomic E-state index is 14.0. The SMILES string of the molecule is O=C1C[C@H]([C@@]2(c3ccccc3)NC(=O)N([C@H]3C[C@H]4CO[C@@H](O4)C3=O)C2=O)[C@H]2CO[C@H]1O2. The van der Waals surface area contributed by atoms with Crippen molar-refractivity contribution in [2.75, 3.05) is 13.2 Å². The van der Waals surface area contributed by atoms with Crippen molar-refractivity contribution in [1.29, 1.82) is 0 Å². The molecule has 0 aromatic heterocycles. The highest BCUT2D eigenvalue weighted by molar-refractivity contribution is 6.11. The largest absolute Gasteiger partial charge is 0.343 e. The Bertz CT molecular complexity index is 983. The summed E-state index contributed by atoms with van der Waals surface area (Å²) in [6.45, 7) is 0.388. The van der Waals surface area contributed by atoms with Crippen LogP contribution in [0.25, 0.3) is 0 Å². The second-order valence-electron chi connectivity index (χ2n) is 8.47. The Morgan fingerprint density at radius 1 is 0.968 bits per heavy atom. The normalized spacial score (nSPS) is 41.7. The first-order valence-electron chi connectivity index (χ1n) is 10.3. The van der Waals surface area contributed by atoms with E-state index < -0.39 is 53.9 Å². The molecule has 1 aromatic rings. The molecule has 7 atom stereocenters. The fourth-order valence-electron chi connectivity index (χ4n) is 5.36. The molecule has 0 aliphatic carbocycles. The van der Waals surface area contributed by atoms with Crippen molar-refractivity contribution in [2.45, 2.75) is 49.2 Å². The molecular weight excluding hydrogens is 408 g/mol. The topological polar surface area (TPSA) is 120 Å². The molecule has 0 radical (unpaired) electrons. The quantitative estimate of drug-likeness (QED) is 0.660. The minimum Gasteiger partial charge on any atom is -0.343 e. The van der Waals surface area contributed by atoms with Gasteiger partial charge in [-0.3, -0.25) is 19.3 Å². The Hall–Kier alpha value is -2.66. The molecular formula is C21H20N2O8. The van der Waals surface area contributed by atoms with Gasteiger partial charge in [0.2, 0.25) is 18.4 Å². The van der Waals surface area contributed by atoms with Crippen LogP contribution in [0.3, 0.4) is 0 Å². The second kappa shape index (κ2) is 6.67. The standard InChI is InChI=1S/C21H20N2O8/c24-14-7-12(15-9-29-17(14)31-15)21(10-4-2-1-3-5-10)19(26)23(20(27)22-21)13-6-11-8-28-18(30-11)16(13)25/h1-5,11-13,15,17-18H,6-9H2,(H,22,27)/t11-,12-,13-,15+,17-,18-,21+/m0/s1. The first-order valence-corrected chi connectivity index (χ1v) is 10.3. The summed E-state index contributed by atoms with van der Waals surface area (Å²) in [4.78, 5) is 53.5. The predicted molar refractivity (Wildman–Crippen MR) is 99.2 cm³/mol. The van der Waals surface area contributed by atoms with Gasteiger partial charge in [0.05, 0.1) is 25.4 Å². The molecule has 1 N–H and O–H groups in total. The third-order valence-corrected chi connectivity index (χ3v) is 6.82. The molecule has 1 aromatic carbocycles. The summed E-state index contributed by atoms with van der Waals surface area (Å²) in [5, 5.41) is 2.84. The fourth-order valence-corrected chi connectivity index (χ4v) is 5.36. The van der Waals surface area contributed by atoms with Crippen molar-refractivity contribution in [1.82, 2.24) is 10.2 Å². The summed E-state index contributed by atoms with van der Waals surface area (Å²) in [7, 11) is 0. The average Bonchev–Trinajstić information content (AvgIpc) is 3.45. The average molecular weight is 428 g/mol. The molecule has 5 aliphatic heterocycles. The van der Waals surface area contributed by atoms with Crippen LogP contribution in [-0.2, 0) is 38.9 Å². The van der Waals surface area contributed by atoms with Crippen molar-refractivity contribution in [3.8, 4) is 0 Å². The van der Waals surface area contributed by atoms with Crippen molar-refractivity contribution >= 4 is 23.5 Å². The highest BCUT2D eigenvalue weighted by Crippen LogP contribution is 2.46. The molecule has 0 saturated carbocycles. The molecule has 4 bridgehead atoms. The van der Waals surface area contributed by atoms with Crippen LogP contribution in [0.1, 0.15) is 18.4 Å². The van der Waals surface area contributed by atoms with E-state index in [2.05, 4.69) is 5.32 Å². The number of ketones is 2. The number of urea groups is 1. The van der Waals surface area contributed by atoms with Crippen LogP contribution in [0.15, 0.2) is 30.3 Å². The van der Waals surface area contributed by atoms with E-state index in [4.69, 9.17) is 18.9 Å². The molecule has 5 fully saturated rings. The van der Waals surface area contributed by atoms with Gasteiger partial charge in [0.1, 0.15) is 6.04 Å². The summed E-state index contributed by atoms with van der Waals surface area (Å²) >= 11 is 0. The van der Waals surface area contributed by atoms with Crippen LogP contribution in [0, 0.1) is 5.92 Å². The van der Waals surface area contributed by atoms with Gasteiger partial charge in [0, 0.05) is 18.8 Å². The van der Waals surface area contributed by atoms with Crippen LogP contribution in [-0.4, -0.2) is 72.4 Å². The monoisotopic (exact) mass is 428 g/mol. The molecule has 162 valence electrons. The van der Waals surface area contributed by atoms with Crippen molar-refractivity contribution < 1.29 is 38.1 Å². The first kappa shape index (κ1) is 19.1. The Morgan fingerprint density at radius 2 is 1.74 bits per heavy atom. The molecule has 6 rings (SSSR count). The number of rotatable bonds is 3. The number of benzene rings is 1. The highest BCUT2D eigenvalue weighted by Gasteiger charge is 2.65. The fraction of sp³-hybridized carbons (Fsp3) is 0.524. The van der Waals surface area contributed by atoms with Crippen LogP contribution < -0.4 is 5.32 Å². The van der Waals surface area contributed by atoms with Gasteiger partial charge in [-0.1, -0.05) is 30.3 Å². The van der Waals surface area contributed by atoms with Crippen molar-refractivity contribution in [2.24, 2.45) is 5.92 Å². The van der Waals surface area contributed by atoms with Gasteiger partial charge in [0.15, 0.2) is 11.3 Å². The van der Waals surface area contributed by atoms with Crippen LogP contribution in [0.5, 0.6) is 0 Å². The lowest BCUT2D eigenvalue weighted by Gasteiger charge is -2.40. The molecule has 0 unspecified atom stereocenters. The smallest absolute Gasteiger partial charge is 0.326 e. The second-order valence-corrected chi connectivity index (χ2v) is 8.47. The van der Waals surface area contributed by atoms with E-state index in [1.165, 1.54) is 0 Å². The minimum absolute atomic E-state index is 0.0141. The number of hydrogen-bond donors (Lipinski definition) is 1. The number of nitrogens with one attached hydrogen (secondary N) is 1. The molecule has 5 heterocycles. The molecule has 3 amide bonds. The Balaban J connectivity index is 1.44. The Kier molecular flexibility index (Phi) is 4.10. The molecule has 10 heteroatoms. The lowest BCUT2D eigenvalue weighted by atomic mass is 9.72. The number of imide groups is 1. The third kappa shape index (κ3) is 2.59. The third-order valence-electron chi connectivity index (χ3n) is 6.82. The number of carbonyl (C=O) groups excluding carboxylic acids is 4. The summed E-state index contributed by atoms with van der Waals surface area (Å²) in [6, 6.07) is 7.10. The summed E-state index contributed by atoms with van der Waals surface area (Å²) in [5.41, 5.74) is -1.02.